The number of nitrogens with zero attached hydrogens (tertiary/aromatic N) is 1. The molecule has 0 aromatic heterocycles. The van der Waals surface area contributed by atoms with E-state index in [-0.39, 0.29) is 49.3 Å². The molecule has 0 aromatic rings. The van der Waals surface area contributed by atoms with Crippen molar-refractivity contribution in [3.8, 4) is 0 Å². The summed E-state index contributed by atoms with van der Waals surface area (Å²) >= 11 is 0. The van der Waals surface area contributed by atoms with Crippen LogP contribution < -0.4 is 29.6 Å². The second-order valence-corrected chi connectivity index (χ2v) is 5.00. The first-order valence-corrected chi connectivity index (χ1v) is 6.91. The topological polar surface area (TPSA) is 76.1 Å². The van der Waals surface area contributed by atoms with Crippen LogP contribution in [-0.4, -0.2) is 35.6 Å². The third-order valence-corrected chi connectivity index (χ3v) is 3.96. The molecule has 0 aliphatic carbocycles. The van der Waals surface area contributed by atoms with Crippen molar-refractivity contribution >= 4 is 13.8 Å². The van der Waals surface area contributed by atoms with Crippen LogP contribution in [0.15, 0.2) is 0 Å². The summed E-state index contributed by atoms with van der Waals surface area (Å²) in [7, 11) is -3.68. The average molecular weight is 276 g/mol. The van der Waals surface area contributed by atoms with E-state index in [0.29, 0.717) is 6.42 Å². The van der Waals surface area contributed by atoms with Gasteiger partial charge in [-0.1, -0.05) is 13.3 Å². The van der Waals surface area contributed by atoms with Gasteiger partial charge in [0.05, 0.1) is 13.2 Å². The molecule has 0 bridgehead atoms. The van der Waals surface area contributed by atoms with E-state index in [0.717, 1.165) is 11.1 Å². The van der Waals surface area contributed by atoms with Gasteiger partial charge in [0, 0.05) is 6.54 Å². The Morgan fingerprint density at radius 3 is 2.00 bits per heavy atom. The van der Waals surface area contributed by atoms with Crippen molar-refractivity contribution in [2.45, 2.75) is 33.6 Å². The molecular formula is C9H20NNaO5P+. The summed E-state index contributed by atoms with van der Waals surface area (Å²) in [6.07, 6.45) is 0.150. The van der Waals surface area contributed by atoms with E-state index >= 15 is 0 Å². The van der Waals surface area contributed by atoms with Crippen molar-refractivity contribution in [1.29, 1.82) is 0 Å². The van der Waals surface area contributed by atoms with Crippen molar-refractivity contribution in [2.24, 2.45) is 0 Å². The Hall–Kier alpha value is 0.420. The van der Waals surface area contributed by atoms with Crippen molar-refractivity contribution in [2.75, 3.05) is 19.8 Å². The average Bonchev–Trinajstić information content (AvgIpc) is 2.18. The van der Waals surface area contributed by atoms with Gasteiger partial charge in [0.25, 0.3) is 0 Å². The van der Waals surface area contributed by atoms with Gasteiger partial charge in [0.1, 0.15) is 0 Å². The number of amides is 1. The van der Waals surface area contributed by atoms with Gasteiger partial charge in [-0.05, 0) is 20.3 Å². The molecule has 1 amide bonds. The van der Waals surface area contributed by atoms with E-state index in [9.17, 15) is 9.36 Å². The van der Waals surface area contributed by atoms with Gasteiger partial charge >= 0.3 is 43.4 Å². The maximum atomic E-state index is 12.2. The van der Waals surface area contributed by atoms with Crippen molar-refractivity contribution in [3.63, 3.8) is 0 Å². The molecular weight excluding hydrogens is 256 g/mol. The molecule has 0 aliphatic rings. The maximum absolute atomic E-state index is 12.2. The van der Waals surface area contributed by atoms with E-state index < -0.39 is 13.8 Å². The number of rotatable bonds is 8. The summed E-state index contributed by atoms with van der Waals surface area (Å²) in [5.41, 5.74) is 0. The quantitative estimate of drug-likeness (QED) is 0.497. The monoisotopic (exact) mass is 276 g/mol. The largest absolute Gasteiger partial charge is 1.00 e. The van der Waals surface area contributed by atoms with Crippen molar-refractivity contribution in [1.82, 2.24) is 4.67 Å². The van der Waals surface area contributed by atoms with Crippen LogP contribution in [0.5, 0.6) is 0 Å². The Kier molecular flexibility index (Phi) is 12.0. The van der Waals surface area contributed by atoms with Gasteiger partial charge in [-0.2, -0.15) is 0 Å². The van der Waals surface area contributed by atoms with E-state index in [1.54, 1.807) is 13.8 Å². The number of hydrogen-bond acceptors (Lipinski definition) is 4. The van der Waals surface area contributed by atoms with Crippen molar-refractivity contribution < 1.29 is 53.1 Å². The molecule has 0 spiro atoms. The van der Waals surface area contributed by atoms with E-state index in [4.69, 9.17) is 14.2 Å². The predicted octanol–water partition coefficient (Wildman–Crippen LogP) is -0.0484. The number of hydrogen-bond donors (Lipinski definition) is 1. The molecule has 17 heavy (non-hydrogen) atoms. The molecule has 0 rings (SSSR count). The van der Waals surface area contributed by atoms with Crippen molar-refractivity contribution in [3.05, 3.63) is 0 Å². The van der Waals surface area contributed by atoms with Crippen LogP contribution in [0.25, 0.3) is 0 Å². The number of carboxylic acid groups (broad SMARTS) is 1. The van der Waals surface area contributed by atoms with Crippen LogP contribution in [0.1, 0.15) is 33.6 Å². The Morgan fingerprint density at radius 2 is 1.71 bits per heavy atom. The molecule has 0 saturated carbocycles. The zero-order chi connectivity index (χ0) is 12.6. The van der Waals surface area contributed by atoms with Crippen LogP contribution in [-0.2, 0) is 13.6 Å². The fourth-order valence-corrected chi connectivity index (χ4v) is 2.74. The smallest absolute Gasteiger partial charge is 0.465 e. The summed E-state index contributed by atoms with van der Waals surface area (Å²) in [6, 6.07) is 0. The summed E-state index contributed by atoms with van der Waals surface area (Å²) in [5.74, 6) is 0. The normalized spacial score (nSPS) is 10.8. The summed E-state index contributed by atoms with van der Waals surface area (Å²) < 4.78 is 22.9. The SMILES string of the molecule is CCCCN(C(=O)O)P(=O)(OCC)OCC.[Na+]. The second kappa shape index (κ2) is 10.4. The zero-order valence-electron chi connectivity index (χ0n) is 11.0. The van der Waals surface area contributed by atoms with E-state index in [1.165, 1.54) is 0 Å². The predicted molar refractivity (Wildman–Crippen MR) is 60.5 cm³/mol. The summed E-state index contributed by atoms with van der Waals surface area (Å²) in [5, 5.41) is 8.98. The standard InChI is InChI=1S/C9H20NO5P.Na/c1-4-7-8-10(9(11)12)16(13,14-5-2)15-6-3;/h4-8H2,1-3H3,(H,11,12);/q;+1. The molecule has 0 fully saturated rings. The molecule has 0 aliphatic heterocycles. The Bertz CT molecular complexity index is 254. The molecule has 8 heteroatoms. The van der Waals surface area contributed by atoms with Crippen LogP contribution >= 0.6 is 7.75 Å². The van der Waals surface area contributed by atoms with Crippen LogP contribution in [0.4, 0.5) is 4.79 Å². The molecule has 0 atom stereocenters. The minimum absolute atomic E-state index is 0. The first-order chi connectivity index (χ1) is 7.51. The molecule has 0 aromatic carbocycles. The third kappa shape index (κ3) is 6.79. The molecule has 6 nitrogen and oxygen atoms in total. The van der Waals surface area contributed by atoms with Crippen LogP contribution in [0, 0.1) is 0 Å². The fraction of sp³-hybridized carbons (Fsp3) is 0.889. The molecule has 1 N–H and O–H groups in total. The Morgan fingerprint density at radius 1 is 1.24 bits per heavy atom. The Balaban J connectivity index is 0. The fourth-order valence-electron chi connectivity index (χ4n) is 1.13. The minimum Gasteiger partial charge on any atom is -0.465 e. The van der Waals surface area contributed by atoms with Gasteiger partial charge in [0.15, 0.2) is 0 Å². The van der Waals surface area contributed by atoms with Gasteiger partial charge in [-0.25, -0.2) is 14.0 Å². The molecule has 0 radical (unpaired) electrons. The van der Waals surface area contributed by atoms with E-state index in [1.807, 2.05) is 6.92 Å². The zero-order valence-corrected chi connectivity index (χ0v) is 13.9. The maximum Gasteiger partial charge on any atom is 1.00 e. The van der Waals surface area contributed by atoms with Gasteiger partial charge < -0.3 is 5.11 Å². The van der Waals surface area contributed by atoms with Gasteiger partial charge in [-0.3, -0.25) is 9.05 Å². The first-order valence-electron chi connectivity index (χ1n) is 5.41. The van der Waals surface area contributed by atoms with Crippen LogP contribution in [0.3, 0.4) is 0 Å². The number of carbonyl (C=O) groups is 1. The Labute approximate surface area is 125 Å². The molecule has 96 valence electrons. The summed E-state index contributed by atoms with van der Waals surface area (Å²) in [6.45, 7) is 5.66. The van der Waals surface area contributed by atoms with Crippen LogP contribution in [0.2, 0.25) is 0 Å². The third-order valence-electron chi connectivity index (χ3n) is 1.82. The molecule has 0 unspecified atom stereocenters. The summed E-state index contributed by atoms with van der Waals surface area (Å²) in [4.78, 5) is 11.0. The van der Waals surface area contributed by atoms with Gasteiger partial charge in [-0.15, -0.1) is 0 Å². The van der Waals surface area contributed by atoms with Gasteiger partial charge in [0.2, 0.25) is 0 Å². The molecule has 0 heterocycles. The number of unbranched alkanes of at least 4 members (excludes halogenated alkanes) is 1. The van der Waals surface area contributed by atoms with E-state index in [2.05, 4.69) is 0 Å². The first kappa shape index (κ1) is 19.8. The minimum atomic E-state index is -3.68. The second-order valence-electron chi connectivity index (χ2n) is 3.06. The molecule has 0 saturated heterocycles.